The molecule has 2 N–H and O–H groups in total. The zero-order valence-corrected chi connectivity index (χ0v) is 9.43. The van der Waals surface area contributed by atoms with E-state index in [9.17, 15) is 4.79 Å². The van der Waals surface area contributed by atoms with Gasteiger partial charge in [0.05, 0.1) is 9.75 Å². The Hall–Kier alpha value is -1.46. The number of hydrogen-bond donors (Lipinski definition) is 2. The Morgan fingerprint density at radius 1 is 1.44 bits per heavy atom. The summed E-state index contributed by atoms with van der Waals surface area (Å²) in [5.41, 5.74) is 3.45. The number of nitrogens with zero attached hydrogens (tertiary/aromatic N) is 1. The number of fused-ring (bicyclic) bond motifs is 1. The van der Waals surface area contributed by atoms with Gasteiger partial charge in [0.15, 0.2) is 6.29 Å². The second-order valence-electron chi connectivity index (χ2n) is 3.78. The van der Waals surface area contributed by atoms with Crippen LogP contribution < -0.4 is 5.32 Å². The van der Waals surface area contributed by atoms with Gasteiger partial charge in [-0.1, -0.05) is 0 Å². The van der Waals surface area contributed by atoms with Gasteiger partial charge in [0, 0.05) is 30.8 Å². The van der Waals surface area contributed by atoms with Crippen LogP contribution in [0.2, 0.25) is 0 Å². The van der Waals surface area contributed by atoms with Crippen molar-refractivity contribution in [2.24, 2.45) is 0 Å². The summed E-state index contributed by atoms with van der Waals surface area (Å²) >= 11 is 1.49. The summed E-state index contributed by atoms with van der Waals surface area (Å²) in [6.07, 6.45) is 1.87. The van der Waals surface area contributed by atoms with Crippen molar-refractivity contribution < 1.29 is 4.79 Å². The summed E-state index contributed by atoms with van der Waals surface area (Å²) in [5.74, 6) is 0. The molecule has 0 bridgehead atoms. The topological polar surface area (TPSA) is 57.8 Å². The summed E-state index contributed by atoms with van der Waals surface area (Å²) in [6.45, 7) is 1.86. The van der Waals surface area contributed by atoms with Crippen LogP contribution in [0.3, 0.4) is 0 Å². The van der Waals surface area contributed by atoms with E-state index in [1.54, 1.807) is 0 Å². The maximum atomic E-state index is 10.6. The summed E-state index contributed by atoms with van der Waals surface area (Å²) in [6, 6.07) is 3.80. The molecule has 4 nitrogen and oxygen atoms in total. The molecule has 2 aromatic heterocycles. The van der Waals surface area contributed by atoms with Gasteiger partial charge in [-0.3, -0.25) is 9.89 Å². The molecule has 1 aliphatic rings. The summed E-state index contributed by atoms with van der Waals surface area (Å²) < 4.78 is 0. The number of aromatic amines is 1. The quantitative estimate of drug-likeness (QED) is 0.774. The van der Waals surface area contributed by atoms with E-state index in [4.69, 9.17) is 0 Å². The van der Waals surface area contributed by atoms with Crippen molar-refractivity contribution in [1.29, 1.82) is 0 Å². The lowest BCUT2D eigenvalue weighted by molar-refractivity contribution is 0.112. The third kappa shape index (κ3) is 1.48. The Morgan fingerprint density at radius 2 is 2.38 bits per heavy atom. The van der Waals surface area contributed by atoms with E-state index in [-0.39, 0.29) is 0 Å². The number of H-pyrrole nitrogens is 1. The molecule has 0 radical (unpaired) electrons. The second-order valence-corrected chi connectivity index (χ2v) is 4.89. The van der Waals surface area contributed by atoms with Crippen molar-refractivity contribution >= 4 is 17.6 Å². The first-order valence-corrected chi connectivity index (χ1v) is 6.02. The lowest BCUT2D eigenvalue weighted by Gasteiger charge is -2.12. The minimum Gasteiger partial charge on any atom is -0.312 e. The molecule has 16 heavy (non-hydrogen) atoms. The number of hydrogen-bond acceptors (Lipinski definition) is 4. The molecule has 0 amide bonds. The molecule has 5 heteroatoms. The van der Waals surface area contributed by atoms with Gasteiger partial charge in [0.2, 0.25) is 0 Å². The smallest absolute Gasteiger partial charge is 0.160 e. The fourth-order valence-corrected chi connectivity index (χ4v) is 2.81. The van der Waals surface area contributed by atoms with E-state index < -0.39 is 0 Å². The van der Waals surface area contributed by atoms with Crippen molar-refractivity contribution in [3.8, 4) is 10.6 Å². The van der Waals surface area contributed by atoms with Crippen LogP contribution in [0.4, 0.5) is 0 Å². The van der Waals surface area contributed by atoms with Crippen LogP contribution in [0, 0.1) is 0 Å². The highest BCUT2D eigenvalue weighted by Crippen LogP contribution is 2.30. The van der Waals surface area contributed by atoms with Gasteiger partial charge in [-0.25, -0.2) is 0 Å². The van der Waals surface area contributed by atoms with E-state index >= 15 is 0 Å². The van der Waals surface area contributed by atoms with Gasteiger partial charge in [-0.15, -0.1) is 11.3 Å². The fourth-order valence-electron chi connectivity index (χ4n) is 1.97. The molecule has 0 aliphatic carbocycles. The van der Waals surface area contributed by atoms with E-state index in [1.165, 1.54) is 22.6 Å². The Bertz CT molecular complexity index is 529. The molecular formula is C11H11N3OS. The number of aromatic nitrogens is 2. The van der Waals surface area contributed by atoms with Crippen LogP contribution in [0.15, 0.2) is 12.1 Å². The molecule has 0 unspecified atom stereocenters. The maximum Gasteiger partial charge on any atom is 0.160 e. The second kappa shape index (κ2) is 3.84. The van der Waals surface area contributed by atoms with Gasteiger partial charge in [-0.2, -0.15) is 5.10 Å². The zero-order chi connectivity index (χ0) is 11.0. The third-order valence-corrected chi connectivity index (χ3v) is 3.80. The predicted octanol–water partition coefficient (Wildman–Crippen LogP) is 1.60. The van der Waals surface area contributed by atoms with Crippen LogP contribution in [0.1, 0.15) is 20.9 Å². The number of thiophene rings is 1. The van der Waals surface area contributed by atoms with E-state index in [2.05, 4.69) is 15.5 Å². The van der Waals surface area contributed by atoms with Crippen molar-refractivity contribution in [3.63, 3.8) is 0 Å². The van der Waals surface area contributed by atoms with Gasteiger partial charge < -0.3 is 5.32 Å². The average molecular weight is 233 g/mol. The maximum absolute atomic E-state index is 10.6. The number of nitrogens with one attached hydrogen (secondary N) is 2. The first-order valence-electron chi connectivity index (χ1n) is 5.20. The molecule has 0 aromatic carbocycles. The summed E-state index contributed by atoms with van der Waals surface area (Å²) in [5, 5.41) is 10.8. The molecule has 3 heterocycles. The summed E-state index contributed by atoms with van der Waals surface area (Å²) in [4.78, 5) is 12.5. The normalized spacial score (nSPS) is 14.8. The average Bonchev–Trinajstić information content (AvgIpc) is 2.94. The summed E-state index contributed by atoms with van der Waals surface area (Å²) in [7, 11) is 0. The van der Waals surface area contributed by atoms with E-state index in [1.807, 2.05) is 12.1 Å². The number of rotatable bonds is 2. The minimum absolute atomic E-state index is 0.746. The predicted molar refractivity (Wildman–Crippen MR) is 62.7 cm³/mol. The molecule has 0 saturated heterocycles. The highest BCUT2D eigenvalue weighted by atomic mass is 32.1. The molecule has 1 aliphatic heterocycles. The van der Waals surface area contributed by atoms with Crippen LogP contribution in [-0.2, 0) is 13.0 Å². The molecule has 2 aromatic rings. The van der Waals surface area contributed by atoms with Crippen LogP contribution >= 0.6 is 11.3 Å². The molecule has 3 rings (SSSR count). The van der Waals surface area contributed by atoms with Crippen molar-refractivity contribution in [3.05, 3.63) is 28.3 Å². The van der Waals surface area contributed by atoms with E-state index in [0.717, 1.165) is 41.2 Å². The monoisotopic (exact) mass is 233 g/mol. The Labute approximate surface area is 96.7 Å². The molecule has 0 spiro atoms. The molecule has 0 atom stereocenters. The largest absolute Gasteiger partial charge is 0.312 e. The van der Waals surface area contributed by atoms with Crippen LogP contribution in [-0.4, -0.2) is 23.0 Å². The van der Waals surface area contributed by atoms with Gasteiger partial charge >= 0.3 is 0 Å². The fraction of sp³-hybridized carbons (Fsp3) is 0.273. The van der Waals surface area contributed by atoms with Gasteiger partial charge in [0.1, 0.15) is 5.69 Å². The molecular weight excluding hydrogens is 222 g/mol. The minimum atomic E-state index is 0.746. The lowest BCUT2D eigenvalue weighted by Crippen LogP contribution is -2.23. The molecule has 82 valence electrons. The lowest BCUT2D eigenvalue weighted by atomic mass is 10.1. The Morgan fingerprint density at radius 3 is 3.19 bits per heavy atom. The Kier molecular flexibility index (Phi) is 2.34. The zero-order valence-electron chi connectivity index (χ0n) is 8.62. The Balaban J connectivity index is 2.05. The SMILES string of the molecule is O=Cc1ccc(-c2n[nH]c3c2CNCC3)s1. The first kappa shape index (κ1) is 9.74. The standard InChI is InChI=1S/C11H11N3OS/c15-6-7-1-2-10(16-7)11-8-5-12-4-3-9(8)13-14-11/h1-2,6,12H,3-5H2,(H,13,14). The highest BCUT2D eigenvalue weighted by Gasteiger charge is 2.18. The number of carbonyl (C=O) groups is 1. The van der Waals surface area contributed by atoms with Crippen molar-refractivity contribution in [2.75, 3.05) is 6.54 Å². The third-order valence-electron chi connectivity index (χ3n) is 2.78. The van der Waals surface area contributed by atoms with Crippen molar-refractivity contribution in [2.45, 2.75) is 13.0 Å². The van der Waals surface area contributed by atoms with Crippen LogP contribution in [0.5, 0.6) is 0 Å². The van der Waals surface area contributed by atoms with Crippen LogP contribution in [0.25, 0.3) is 10.6 Å². The number of carbonyl (C=O) groups excluding carboxylic acids is 1. The van der Waals surface area contributed by atoms with Crippen molar-refractivity contribution in [1.82, 2.24) is 15.5 Å². The van der Waals surface area contributed by atoms with E-state index in [0.29, 0.717) is 0 Å². The van der Waals surface area contributed by atoms with Gasteiger partial charge in [0.25, 0.3) is 0 Å². The number of aldehydes is 1. The molecule has 0 fully saturated rings. The van der Waals surface area contributed by atoms with Gasteiger partial charge in [-0.05, 0) is 12.1 Å². The first-order chi connectivity index (χ1) is 7.88. The highest BCUT2D eigenvalue weighted by molar-refractivity contribution is 7.17. The molecule has 0 saturated carbocycles.